The summed E-state index contributed by atoms with van der Waals surface area (Å²) in [6.45, 7) is 8.63. The summed E-state index contributed by atoms with van der Waals surface area (Å²) in [4.78, 5) is 0. The van der Waals surface area contributed by atoms with Crippen molar-refractivity contribution >= 4 is 0 Å². The van der Waals surface area contributed by atoms with Crippen LogP contribution >= 0.6 is 0 Å². The molecule has 1 N–H and O–H groups in total. The van der Waals surface area contributed by atoms with Gasteiger partial charge in [-0.15, -0.1) is 0 Å². The van der Waals surface area contributed by atoms with E-state index >= 15 is 0 Å². The average Bonchev–Trinajstić information content (AvgIpc) is 2.59. The lowest BCUT2D eigenvalue weighted by atomic mass is 10.1. The van der Waals surface area contributed by atoms with Gasteiger partial charge in [0, 0.05) is 19.2 Å². The molecule has 0 saturated carbocycles. The molecule has 84 valence electrons. The van der Waals surface area contributed by atoms with E-state index in [9.17, 15) is 0 Å². The van der Waals surface area contributed by atoms with Crippen LogP contribution in [0.25, 0.3) is 0 Å². The normalized spacial score (nSPS) is 27.4. The Morgan fingerprint density at radius 3 is 2.86 bits per heavy atom. The Morgan fingerprint density at radius 1 is 1.43 bits per heavy atom. The number of nitrogens with one attached hydrogen (secondary N) is 1. The lowest BCUT2D eigenvalue weighted by Gasteiger charge is -2.13. The molecule has 2 nitrogen and oxygen atoms in total. The molecule has 0 aliphatic carbocycles. The molecule has 1 aliphatic heterocycles. The van der Waals surface area contributed by atoms with E-state index in [1.165, 1.54) is 25.7 Å². The van der Waals surface area contributed by atoms with Gasteiger partial charge in [-0.3, -0.25) is 0 Å². The molecule has 1 saturated heterocycles. The Balaban J connectivity index is 2.08. The molecule has 14 heavy (non-hydrogen) atoms. The van der Waals surface area contributed by atoms with Crippen molar-refractivity contribution in [3.8, 4) is 0 Å². The van der Waals surface area contributed by atoms with Crippen LogP contribution in [0.3, 0.4) is 0 Å². The van der Waals surface area contributed by atoms with Crippen molar-refractivity contribution in [1.29, 1.82) is 0 Å². The summed E-state index contributed by atoms with van der Waals surface area (Å²) in [7, 11) is 0. The maximum absolute atomic E-state index is 5.81. The molecule has 0 aromatic carbocycles. The Kier molecular flexibility index (Phi) is 5.49. The van der Waals surface area contributed by atoms with E-state index in [4.69, 9.17) is 4.74 Å². The van der Waals surface area contributed by atoms with E-state index in [0.29, 0.717) is 18.1 Å². The van der Waals surface area contributed by atoms with Crippen molar-refractivity contribution in [2.45, 2.75) is 58.6 Å². The highest BCUT2D eigenvalue weighted by atomic mass is 16.5. The molecule has 0 radical (unpaired) electrons. The lowest BCUT2D eigenvalue weighted by molar-refractivity contribution is 0.0469. The molecule has 0 bridgehead atoms. The molecule has 0 aromatic heterocycles. The Labute approximate surface area is 88.4 Å². The number of unbranched alkanes of at least 4 members (excludes halogenated alkanes) is 1. The van der Waals surface area contributed by atoms with Gasteiger partial charge in [0.05, 0.1) is 6.10 Å². The van der Waals surface area contributed by atoms with Crippen molar-refractivity contribution in [2.75, 3.05) is 13.2 Å². The van der Waals surface area contributed by atoms with Crippen LogP contribution in [0.4, 0.5) is 0 Å². The summed E-state index contributed by atoms with van der Waals surface area (Å²) in [6.07, 6.45) is 5.65. The maximum atomic E-state index is 5.81. The lowest BCUT2D eigenvalue weighted by Crippen LogP contribution is -2.21. The molecule has 1 rings (SSSR count). The summed E-state index contributed by atoms with van der Waals surface area (Å²) >= 11 is 0. The van der Waals surface area contributed by atoms with Crippen LogP contribution in [-0.2, 0) is 4.74 Å². The Morgan fingerprint density at radius 2 is 2.21 bits per heavy atom. The van der Waals surface area contributed by atoms with E-state index in [1.54, 1.807) is 0 Å². The van der Waals surface area contributed by atoms with Gasteiger partial charge in [-0.25, -0.2) is 0 Å². The van der Waals surface area contributed by atoms with Crippen molar-refractivity contribution in [1.82, 2.24) is 5.32 Å². The minimum absolute atomic E-state index is 0.472. The third kappa shape index (κ3) is 4.43. The zero-order valence-corrected chi connectivity index (χ0v) is 9.88. The average molecular weight is 199 g/mol. The van der Waals surface area contributed by atoms with Crippen LogP contribution in [0.2, 0.25) is 0 Å². The van der Waals surface area contributed by atoms with Crippen LogP contribution in [0.5, 0.6) is 0 Å². The van der Waals surface area contributed by atoms with Crippen LogP contribution in [-0.4, -0.2) is 25.3 Å². The van der Waals surface area contributed by atoms with Gasteiger partial charge in [0.15, 0.2) is 0 Å². The number of ether oxygens (including phenoxy) is 1. The maximum Gasteiger partial charge on any atom is 0.0714 e. The van der Waals surface area contributed by atoms with Crippen molar-refractivity contribution in [2.24, 2.45) is 5.92 Å². The SMILES string of the molecule is CCCC[C@@H]1C[C@H](OCC(C)C)CN1. The van der Waals surface area contributed by atoms with E-state index in [-0.39, 0.29) is 0 Å². The molecule has 2 atom stereocenters. The molecular formula is C12H25NO. The van der Waals surface area contributed by atoms with Crippen molar-refractivity contribution in [3.05, 3.63) is 0 Å². The first-order chi connectivity index (χ1) is 6.72. The highest BCUT2D eigenvalue weighted by molar-refractivity contribution is 4.82. The fourth-order valence-electron chi connectivity index (χ4n) is 1.91. The number of hydrogen-bond donors (Lipinski definition) is 1. The summed E-state index contributed by atoms with van der Waals surface area (Å²) in [6, 6.07) is 0.715. The zero-order valence-electron chi connectivity index (χ0n) is 9.88. The number of hydrogen-bond acceptors (Lipinski definition) is 2. The smallest absolute Gasteiger partial charge is 0.0714 e. The minimum atomic E-state index is 0.472. The van der Waals surface area contributed by atoms with Gasteiger partial charge in [0.1, 0.15) is 0 Å². The molecule has 0 unspecified atom stereocenters. The van der Waals surface area contributed by atoms with Crippen LogP contribution in [0.1, 0.15) is 46.5 Å². The third-order valence-electron chi connectivity index (χ3n) is 2.75. The molecule has 0 aromatic rings. The first-order valence-electron chi connectivity index (χ1n) is 6.07. The van der Waals surface area contributed by atoms with Crippen LogP contribution in [0, 0.1) is 5.92 Å². The largest absolute Gasteiger partial charge is 0.377 e. The van der Waals surface area contributed by atoms with Gasteiger partial charge in [-0.2, -0.15) is 0 Å². The van der Waals surface area contributed by atoms with E-state index in [1.807, 2.05) is 0 Å². The fourth-order valence-corrected chi connectivity index (χ4v) is 1.91. The number of rotatable bonds is 6. The minimum Gasteiger partial charge on any atom is -0.377 e. The van der Waals surface area contributed by atoms with Gasteiger partial charge >= 0.3 is 0 Å². The molecule has 1 aliphatic rings. The first-order valence-corrected chi connectivity index (χ1v) is 6.07. The Hall–Kier alpha value is -0.0800. The topological polar surface area (TPSA) is 21.3 Å². The van der Waals surface area contributed by atoms with Crippen LogP contribution in [0.15, 0.2) is 0 Å². The quantitative estimate of drug-likeness (QED) is 0.710. The molecule has 2 heteroatoms. The highest BCUT2D eigenvalue weighted by Gasteiger charge is 2.23. The predicted molar refractivity (Wildman–Crippen MR) is 60.5 cm³/mol. The van der Waals surface area contributed by atoms with E-state index < -0.39 is 0 Å². The van der Waals surface area contributed by atoms with E-state index in [2.05, 4.69) is 26.1 Å². The second-order valence-corrected chi connectivity index (χ2v) is 4.83. The summed E-state index contributed by atoms with van der Waals surface area (Å²) in [5.41, 5.74) is 0. The fraction of sp³-hybridized carbons (Fsp3) is 1.00. The zero-order chi connectivity index (χ0) is 10.4. The van der Waals surface area contributed by atoms with Gasteiger partial charge < -0.3 is 10.1 Å². The molecule has 1 fully saturated rings. The third-order valence-corrected chi connectivity index (χ3v) is 2.75. The second kappa shape index (κ2) is 6.41. The highest BCUT2D eigenvalue weighted by Crippen LogP contribution is 2.16. The predicted octanol–water partition coefficient (Wildman–Crippen LogP) is 2.58. The standard InChI is InChI=1S/C12H25NO/c1-4-5-6-11-7-12(8-13-11)14-9-10(2)3/h10-13H,4-9H2,1-3H3/t11-,12+/m1/s1. The van der Waals surface area contributed by atoms with Gasteiger partial charge in [0.2, 0.25) is 0 Å². The first kappa shape index (κ1) is 12.0. The molecule has 0 amide bonds. The van der Waals surface area contributed by atoms with E-state index in [0.717, 1.165) is 13.2 Å². The summed E-state index contributed by atoms with van der Waals surface area (Å²) < 4.78 is 5.81. The van der Waals surface area contributed by atoms with Crippen molar-refractivity contribution in [3.63, 3.8) is 0 Å². The van der Waals surface area contributed by atoms with Crippen molar-refractivity contribution < 1.29 is 4.74 Å². The summed E-state index contributed by atoms with van der Waals surface area (Å²) in [5.74, 6) is 0.657. The molecule has 0 spiro atoms. The Bertz CT molecular complexity index is 147. The van der Waals surface area contributed by atoms with Gasteiger partial charge in [-0.1, -0.05) is 33.6 Å². The molecule has 1 heterocycles. The summed E-state index contributed by atoms with van der Waals surface area (Å²) in [5, 5.41) is 3.54. The van der Waals surface area contributed by atoms with Crippen LogP contribution < -0.4 is 5.32 Å². The molecular weight excluding hydrogens is 174 g/mol. The van der Waals surface area contributed by atoms with Gasteiger partial charge in [0.25, 0.3) is 0 Å². The second-order valence-electron chi connectivity index (χ2n) is 4.83. The monoisotopic (exact) mass is 199 g/mol. The van der Waals surface area contributed by atoms with Gasteiger partial charge in [-0.05, 0) is 18.8 Å².